The fourth-order valence-corrected chi connectivity index (χ4v) is 5.23. The van der Waals surface area contributed by atoms with Crippen LogP contribution in [-0.2, 0) is 21.2 Å². The maximum Gasteiger partial charge on any atom is 0.235 e. The molecule has 1 heterocycles. The molecule has 0 saturated carbocycles. The highest BCUT2D eigenvalue weighted by molar-refractivity contribution is 7.92. The van der Waals surface area contributed by atoms with Gasteiger partial charge in [0.05, 0.1) is 29.1 Å². The van der Waals surface area contributed by atoms with Gasteiger partial charge in [0.1, 0.15) is 5.75 Å². The number of methoxy groups -OCH3 is 1. The van der Waals surface area contributed by atoms with E-state index in [0.717, 1.165) is 21.9 Å². The SMILES string of the molecule is CCS(=O)(=O)N1c2ccc(OCOC)cc2CC1c1ccc2ccc(C#N)cc2c1. The molecule has 1 atom stereocenters. The van der Waals surface area contributed by atoms with E-state index in [0.29, 0.717) is 23.4 Å². The third-order valence-corrected chi connectivity index (χ3v) is 7.15. The van der Waals surface area contributed by atoms with Gasteiger partial charge in [-0.25, -0.2) is 8.42 Å². The molecule has 0 aromatic heterocycles. The first-order chi connectivity index (χ1) is 14.5. The van der Waals surface area contributed by atoms with Crippen LogP contribution in [0.25, 0.3) is 10.8 Å². The lowest BCUT2D eigenvalue weighted by Crippen LogP contribution is -2.33. The van der Waals surface area contributed by atoms with Gasteiger partial charge < -0.3 is 9.47 Å². The Morgan fingerprint density at radius 1 is 1.10 bits per heavy atom. The zero-order valence-electron chi connectivity index (χ0n) is 16.8. The van der Waals surface area contributed by atoms with Crippen LogP contribution in [0.4, 0.5) is 5.69 Å². The van der Waals surface area contributed by atoms with Gasteiger partial charge in [0.15, 0.2) is 6.79 Å². The molecule has 4 rings (SSSR count). The smallest absolute Gasteiger partial charge is 0.235 e. The van der Waals surface area contributed by atoms with E-state index in [1.807, 2.05) is 36.4 Å². The number of rotatable bonds is 6. The van der Waals surface area contributed by atoms with Crippen molar-refractivity contribution in [1.29, 1.82) is 5.26 Å². The van der Waals surface area contributed by atoms with Crippen molar-refractivity contribution in [3.05, 3.63) is 71.3 Å². The van der Waals surface area contributed by atoms with Crippen molar-refractivity contribution < 1.29 is 17.9 Å². The molecule has 1 unspecified atom stereocenters. The minimum Gasteiger partial charge on any atom is -0.468 e. The Labute approximate surface area is 176 Å². The Hall–Kier alpha value is -3.08. The molecule has 0 spiro atoms. The second-order valence-electron chi connectivity index (χ2n) is 7.19. The highest BCUT2D eigenvalue weighted by Gasteiger charge is 2.37. The highest BCUT2D eigenvalue weighted by Crippen LogP contribution is 2.44. The number of hydrogen-bond donors (Lipinski definition) is 0. The summed E-state index contributed by atoms with van der Waals surface area (Å²) in [5, 5.41) is 11.1. The number of nitriles is 1. The third kappa shape index (κ3) is 3.60. The van der Waals surface area contributed by atoms with E-state index < -0.39 is 10.0 Å². The first kappa shape index (κ1) is 20.2. The molecule has 0 amide bonds. The normalized spacial score (nSPS) is 15.8. The van der Waals surface area contributed by atoms with Crippen molar-refractivity contribution in [3.63, 3.8) is 0 Å². The van der Waals surface area contributed by atoms with Crippen LogP contribution >= 0.6 is 0 Å². The van der Waals surface area contributed by atoms with Crippen LogP contribution in [0.15, 0.2) is 54.6 Å². The Morgan fingerprint density at radius 3 is 2.63 bits per heavy atom. The number of sulfonamides is 1. The Bertz CT molecular complexity index is 1250. The molecule has 0 N–H and O–H groups in total. The predicted octanol–water partition coefficient (Wildman–Crippen LogP) is 4.15. The first-order valence-electron chi connectivity index (χ1n) is 9.67. The summed E-state index contributed by atoms with van der Waals surface area (Å²) >= 11 is 0. The number of nitrogens with zero attached hydrogens (tertiary/aromatic N) is 2. The topological polar surface area (TPSA) is 79.6 Å². The lowest BCUT2D eigenvalue weighted by molar-refractivity contribution is 0.0511. The van der Waals surface area contributed by atoms with Crippen molar-refractivity contribution in [1.82, 2.24) is 0 Å². The third-order valence-electron chi connectivity index (χ3n) is 5.37. The lowest BCUT2D eigenvalue weighted by atomic mass is 9.98. The minimum absolute atomic E-state index is 0.0109. The predicted molar refractivity (Wildman–Crippen MR) is 116 cm³/mol. The van der Waals surface area contributed by atoms with Gasteiger partial charge in [0.2, 0.25) is 10.0 Å². The van der Waals surface area contributed by atoms with Crippen LogP contribution in [0.2, 0.25) is 0 Å². The summed E-state index contributed by atoms with van der Waals surface area (Å²) in [7, 11) is -1.94. The van der Waals surface area contributed by atoms with Gasteiger partial charge in [-0.15, -0.1) is 0 Å². The van der Waals surface area contributed by atoms with Gasteiger partial charge in [0.25, 0.3) is 0 Å². The fraction of sp³-hybridized carbons (Fsp3) is 0.261. The largest absolute Gasteiger partial charge is 0.468 e. The summed E-state index contributed by atoms with van der Waals surface area (Å²) in [6.07, 6.45) is 0.544. The standard InChI is InChI=1S/C23H22N2O4S/c1-3-30(26,27)25-22-9-8-21(29-15-28-2)12-20(22)13-23(25)18-7-6-17-5-4-16(14-24)10-19(17)11-18/h4-12,23H,3,13,15H2,1-2H3. The maximum absolute atomic E-state index is 13.0. The molecule has 0 bridgehead atoms. The molecular weight excluding hydrogens is 400 g/mol. The van der Waals surface area contributed by atoms with Crippen molar-refractivity contribution in [2.24, 2.45) is 0 Å². The van der Waals surface area contributed by atoms with Crippen LogP contribution in [-0.4, -0.2) is 28.1 Å². The molecule has 30 heavy (non-hydrogen) atoms. The molecule has 0 fully saturated rings. The maximum atomic E-state index is 13.0. The Kier molecular flexibility index (Phi) is 5.37. The molecular formula is C23H22N2O4S. The molecule has 1 aliphatic rings. The van der Waals surface area contributed by atoms with E-state index >= 15 is 0 Å². The first-order valence-corrected chi connectivity index (χ1v) is 11.3. The number of benzene rings is 3. The van der Waals surface area contributed by atoms with Crippen LogP contribution in [0.3, 0.4) is 0 Å². The number of ether oxygens (including phenoxy) is 2. The van der Waals surface area contributed by atoms with E-state index in [-0.39, 0.29) is 18.6 Å². The molecule has 154 valence electrons. The molecule has 0 aliphatic carbocycles. The minimum atomic E-state index is -3.49. The van der Waals surface area contributed by atoms with Crippen LogP contribution < -0.4 is 9.04 Å². The zero-order valence-corrected chi connectivity index (χ0v) is 17.6. The van der Waals surface area contributed by atoms with E-state index in [2.05, 4.69) is 6.07 Å². The summed E-state index contributed by atoms with van der Waals surface area (Å²) in [6.45, 7) is 1.78. The number of fused-ring (bicyclic) bond motifs is 2. The van der Waals surface area contributed by atoms with Gasteiger partial charge >= 0.3 is 0 Å². The monoisotopic (exact) mass is 422 g/mol. The fourth-order valence-electron chi connectivity index (χ4n) is 3.89. The number of anilines is 1. The second-order valence-corrected chi connectivity index (χ2v) is 9.33. The van der Waals surface area contributed by atoms with Gasteiger partial charge in [0, 0.05) is 13.5 Å². The van der Waals surface area contributed by atoms with Crippen LogP contribution in [0, 0.1) is 11.3 Å². The molecule has 7 heteroatoms. The van der Waals surface area contributed by atoms with Crippen LogP contribution in [0.1, 0.15) is 29.7 Å². The van der Waals surface area contributed by atoms with Crippen molar-refractivity contribution in [3.8, 4) is 11.8 Å². The summed E-state index contributed by atoms with van der Waals surface area (Å²) in [5.74, 6) is 0.652. The van der Waals surface area contributed by atoms with Crippen molar-refractivity contribution >= 4 is 26.5 Å². The lowest BCUT2D eigenvalue weighted by Gasteiger charge is -2.27. The Morgan fingerprint density at radius 2 is 1.90 bits per heavy atom. The quantitative estimate of drug-likeness (QED) is 0.558. The van der Waals surface area contributed by atoms with E-state index in [9.17, 15) is 13.7 Å². The van der Waals surface area contributed by atoms with Crippen LogP contribution in [0.5, 0.6) is 5.75 Å². The molecule has 3 aromatic rings. The summed E-state index contributed by atoms with van der Waals surface area (Å²) < 4.78 is 38.0. The summed E-state index contributed by atoms with van der Waals surface area (Å²) in [5.41, 5.74) is 3.06. The van der Waals surface area contributed by atoms with E-state index in [1.54, 1.807) is 32.2 Å². The van der Waals surface area contributed by atoms with Crippen molar-refractivity contribution in [2.75, 3.05) is 24.0 Å². The molecule has 0 saturated heterocycles. The summed E-state index contributed by atoms with van der Waals surface area (Å²) in [4.78, 5) is 0. The molecule has 3 aromatic carbocycles. The van der Waals surface area contributed by atoms with Crippen molar-refractivity contribution in [2.45, 2.75) is 19.4 Å². The second kappa shape index (κ2) is 7.98. The van der Waals surface area contributed by atoms with Gasteiger partial charge in [-0.05, 0) is 65.2 Å². The van der Waals surface area contributed by atoms with E-state index in [1.165, 1.54) is 4.31 Å². The highest BCUT2D eigenvalue weighted by atomic mass is 32.2. The summed E-state index contributed by atoms with van der Waals surface area (Å²) in [6, 6.07) is 18.7. The zero-order chi connectivity index (χ0) is 21.3. The molecule has 1 aliphatic heterocycles. The molecule has 0 radical (unpaired) electrons. The van der Waals surface area contributed by atoms with E-state index in [4.69, 9.17) is 9.47 Å². The average molecular weight is 423 g/mol. The number of hydrogen-bond acceptors (Lipinski definition) is 5. The van der Waals surface area contributed by atoms with Gasteiger partial charge in [-0.2, -0.15) is 5.26 Å². The van der Waals surface area contributed by atoms with Gasteiger partial charge in [-0.1, -0.05) is 18.2 Å². The Balaban J connectivity index is 1.79. The van der Waals surface area contributed by atoms with Gasteiger partial charge in [-0.3, -0.25) is 4.31 Å². The average Bonchev–Trinajstić information content (AvgIpc) is 3.16. The molecule has 6 nitrogen and oxygen atoms in total.